The van der Waals surface area contributed by atoms with Crippen LogP contribution in [0.3, 0.4) is 0 Å². The van der Waals surface area contributed by atoms with Crippen LogP contribution < -0.4 is 10.6 Å². The molecule has 1 unspecified atom stereocenters. The summed E-state index contributed by atoms with van der Waals surface area (Å²) in [6, 6.07) is 16.5. The molecule has 1 fully saturated rings. The number of hydrogen-bond acceptors (Lipinski definition) is 4. The lowest BCUT2D eigenvalue weighted by Gasteiger charge is -2.23. The largest absolute Gasteiger partial charge is 0.356 e. The summed E-state index contributed by atoms with van der Waals surface area (Å²) < 4.78 is 13.8. The molecule has 184 valence electrons. The van der Waals surface area contributed by atoms with Gasteiger partial charge in [-0.1, -0.05) is 42.5 Å². The monoisotopic (exact) mass is 477 g/mol. The van der Waals surface area contributed by atoms with Gasteiger partial charge in [-0.2, -0.15) is 5.10 Å². The fraction of sp³-hybridized carbons (Fsp3) is 0.370. The molecule has 0 radical (unpaired) electrons. The number of hydrogen-bond donors (Lipinski definition) is 3. The van der Waals surface area contributed by atoms with E-state index in [0.29, 0.717) is 44.6 Å². The van der Waals surface area contributed by atoms with Crippen LogP contribution in [0.1, 0.15) is 42.7 Å². The summed E-state index contributed by atoms with van der Waals surface area (Å²) in [4.78, 5) is 27.2. The zero-order valence-corrected chi connectivity index (χ0v) is 19.8. The van der Waals surface area contributed by atoms with Crippen molar-refractivity contribution in [2.45, 2.75) is 38.1 Å². The third kappa shape index (κ3) is 7.23. The molecule has 0 spiro atoms. The van der Waals surface area contributed by atoms with Crippen molar-refractivity contribution in [3.63, 3.8) is 0 Å². The minimum Gasteiger partial charge on any atom is -0.356 e. The zero-order chi connectivity index (χ0) is 24.5. The Bertz CT molecular complexity index is 1120. The van der Waals surface area contributed by atoms with Crippen LogP contribution in [0.15, 0.2) is 60.8 Å². The summed E-state index contributed by atoms with van der Waals surface area (Å²) in [5.74, 6) is -0.0816. The van der Waals surface area contributed by atoms with Gasteiger partial charge in [0.15, 0.2) is 0 Å². The molecule has 1 aromatic heterocycles. The number of aromatic amines is 1. The number of rotatable bonds is 4. The highest BCUT2D eigenvalue weighted by Crippen LogP contribution is 2.25. The summed E-state index contributed by atoms with van der Waals surface area (Å²) in [7, 11) is 0. The average Bonchev–Trinajstić information content (AvgIpc) is 3.32. The average molecular weight is 478 g/mol. The van der Waals surface area contributed by atoms with Gasteiger partial charge in [-0.05, 0) is 42.9 Å². The Morgan fingerprint density at radius 2 is 1.80 bits per heavy atom. The molecular weight excluding hydrogens is 445 g/mol. The van der Waals surface area contributed by atoms with Crippen molar-refractivity contribution in [3.05, 3.63) is 77.7 Å². The number of benzene rings is 2. The molecule has 1 saturated heterocycles. The molecule has 2 aromatic carbocycles. The first-order valence-electron chi connectivity index (χ1n) is 12.2. The summed E-state index contributed by atoms with van der Waals surface area (Å²) in [6.45, 7) is 2.45. The van der Waals surface area contributed by atoms with Crippen molar-refractivity contribution in [3.8, 4) is 11.3 Å². The van der Waals surface area contributed by atoms with E-state index in [-0.39, 0.29) is 30.1 Å². The topological polar surface area (TPSA) is 90.1 Å². The van der Waals surface area contributed by atoms with Gasteiger partial charge in [-0.15, -0.1) is 0 Å². The molecule has 0 saturated carbocycles. The fourth-order valence-electron chi connectivity index (χ4n) is 4.55. The predicted octanol–water partition coefficient (Wildman–Crippen LogP) is 3.61. The van der Waals surface area contributed by atoms with Crippen LogP contribution in [0, 0.1) is 5.82 Å². The molecule has 3 aromatic rings. The Hall–Kier alpha value is -3.52. The molecular formula is C27H32FN5O2. The molecule has 35 heavy (non-hydrogen) atoms. The highest BCUT2D eigenvalue weighted by molar-refractivity contribution is 5.78. The Morgan fingerprint density at radius 3 is 2.63 bits per heavy atom. The van der Waals surface area contributed by atoms with Gasteiger partial charge in [0.1, 0.15) is 5.82 Å². The Labute approximate surface area is 205 Å². The summed E-state index contributed by atoms with van der Waals surface area (Å²) in [6.07, 6.45) is 4.42. The van der Waals surface area contributed by atoms with E-state index >= 15 is 0 Å². The van der Waals surface area contributed by atoms with Crippen LogP contribution in [0.4, 0.5) is 4.39 Å². The van der Waals surface area contributed by atoms with Gasteiger partial charge in [-0.25, -0.2) is 4.39 Å². The summed E-state index contributed by atoms with van der Waals surface area (Å²) in [5, 5.41) is 13.2. The number of amides is 2. The van der Waals surface area contributed by atoms with E-state index in [2.05, 4.69) is 33.0 Å². The number of nitrogens with zero attached hydrogens (tertiary/aromatic N) is 2. The zero-order valence-electron chi connectivity index (χ0n) is 19.8. The van der Waals surface area contributed by atoms with Crippen molar-refractivity contribution in [1.29, 1.82) is 0 Å². The molecule has 2 amide bonds. The maximum Gasteiger partial charge on any atom is 0.234 e. The van der Waals surface area contributed by atoms with Crippen LogP contribution in [0.2, 0.25) is 0 Å². The third-order valence-electron chi connectivity index (χ3n) is 6.37. The molecule has 1 atom stereocenters. The maximum atomic E-state index is 13.8. The van der Waals surface area contributed by atoms with Crippen molar-refractivity contribution in [2.75, 3.05) is 26.2 Å². The van der Waals surface area contributed by atoms with Gasteiger partial charge in [0.25, 0.3) is 0 Å². The minimum atomic E-state index is -0.315. The second kappa shape index (κ2) is 12.3. The Morgan fingerprint density at radius 1 is 0.971 bits per heavy atom. The van der Waals surface area contributed by atoms with E-state index in [1.165, 1.54) is 17.7 Å². The van der Waals surface area contributed by atoms with Gasteiger partial charge in [0, 0.05) is 43.7 Å². The van der Waals surface area contributed by atoms with E-state index in [4.69, 9.17) is 0 Å². The number of H-pyrrole nitrogens is 1. The third-order valence-corrected chi connectivity index (χ3v) is 6.37. The molecule has 4 rings (SSSR count). The molecule has 7 nitrogen and oxygen atoms in total. The SMILES string of the molecule is O=C1CCC(c2ccccc2)CCNC(=O)CN(Cc2cn[nH]c2-c2cccc(F)c2)CCCN1. The van der Waals surface area contributed by atoms with Crippen molar-refractivity contribution < 1.29 is 14.0 Å². The second-order valence-electron chi connectivity index (χ2n) is 8.98. The van der Waals surface area contributed by atoms with E-state index in [1.807, 2.05) is 29.2 Å². The first-order chi connectivity index (χ1) is 17.1. The van der Waals surface area contributed by atoms with E-state index < -0.39 is 0 Å². The highest BCUT2D eigenvalue weighted by Gasteiger charge is 2.18. The van der Waals surface area contributed by atoms with Crippen LogP contribution in [0.25, 0.3) is 11.3 Å². The van der Waals surface area contributed by atoms with E-state index in [1.54, 1.807) is 12.3 Å². The van der Waals surface area contributed by atoms with Gasteiger partial charge in [0.2, 0.25) is 11.8 Å². The van der Waals surface area contributed by atoms with Gasteiger partial charge >= 0.3 is 0 Å². The van der Waals surface area contributed by atoms with Crippen molar-refractivity contribution in [2.24, 2.45) is 0 Å². The van der Waals surface area contributed by atoms with Crippen LogP contribution >= 0.6 is 0 Å². The summed E-state index contributed by atoms with van der Waals surface area (Å²) >= 11 is 0. The normalized spacial score (nSPS) is 18.9. The molecule has 8 heteroatoms. The van der Waals surface area contributed by atoms with E-state index in [9.17, 15) is 14.0 Å². The molecule has 1 aliphatic heterocycles. The lowest BCUT2D eigenvalue weighted by atomic mass is 9.91. The van der Waals surface area contributed by atoms with Crippen molar-refractivity contribution >= 4 is 11.8 Å². The predicted molar refractivity (Wildman–Crippen MR) is 133 cm³/mol. The van der Waals surface area contributed by atoms with Crippen molar-refractivity contribution in [1.82, 2.24) is 25.7 Å². The number of carbonyl (C=O) groups is 2. The molecule has 1 aliphatic rings. The maximum absolute atomic E-state index is 13.8. The van der Waals surface area contributed by atoms with Crippen LogP contribution in [-0.4, -0.2) is 53.1 Å². The van der Waals surface area contributed by atoms with Gasteiger partial charge < -0.3 is 10.6 Å². The summed E-state index contributed by atoms with van der Waals surface area (Å²) in [5.41, 5.74) is 3.53. The first-order valence-corrected chi connectivity index (χ1v) is 12.2. The molecule has 0 aliphatic carbocycles. The molecule has 3 N–H and O–H groups in total. The Kier molecular flexibility index (Phi) is 8.62. The highest BCUT2D eigenvalue weighted by atomic mass is 19.1. The fourth-order valence-corrected chi connectivity index (χ4v) is 4.55. The lowest BCUT2D eigenvalue weighted by Crippen LogP contribution is -2.39. The van der Waals surface area contributed by atoms with Crippen LogP contribution in [0.5, 0.6) is 0 Å². The minimum absolute atomic E-state index is 0.0336. The van der Waals surface area contributed by atoms with Gasteiger partial charge in [-0.3, -0.25) is 19.6 Å². The number of aromatic nitrogens is 2. The van der Waals surface area contributed by atoms with Gasteiger partial charge in [0.05, 0.1) is 18.4 Å². The molecule has 0 bridgehead atoms. The first kappa shape index (κ1) is 24.6. The standard InChI is InChI=1S/C27H32FN5O2/c28-24-9-4-8-22(16-24)27-23(17-31-32-27)18-33-15-5-13-29-25(34)11-10-21(12-14-30-26(35)19-33)20-6-2-1-3-7-20/h1-4,6-9,16-17,21H,5,10-15,18-19H2,(H,29,34)(H,30,35)(H,31,32). The number of carbonyl (C=O) groups excluding carboxylic acids is 2. The smallest absolute Gasteiger partial charge is 0.234 e. The number of halogens is 1. The lowest BCUT2D eigenvalue weighted by molar-refractivity contribution is -0.123. The van der Waals surface area contributed by atoms with E-state index in [0.717, 1.165) is 24.1 Å². The second-order valence-corrected chi connectivity index (χ2v) is 8.98. The quantitative estimate of drug-likeness (QED) is 0.536. The molecule has 2 heterocycles. The van der Waals surface area contributed by atoms with Crippen LogP contribution in [-0.2, 0) is 16.1 Å². The number of nitrogens with one attached hydrogen (secondary N) is 3. The Balaban J connectivity index is 1.44.